The van der Waals surface area contributed by atoms with Crippen LogP contribution in [0.5, 0.6) is 0 Å². The van der Waals surface area contributed by atoms with E-state index in [4.69, 9.17) is 11.6 Å². The molecule has 0 aliphatic carbocycles. The summed E-state index contributed by atoms with van der Waals surface area (Å²) in [7, 11) is -3.56. The molecule has 1 heterocycles. The van der Waals surface area contributed by atoms with Crippen molar-refractivity contribution in [3.05, 3.63) is 29.8 Å². The molecule has 1 saturated heterocycles. The van der Waals surface area contributed by atoms with Crippen molar-refractivity contribution in [1.29, 1.82) is 0 Å². The predicted octanol–water partition coefficient (Wildman–Crippen LogP) is 1.41. The van der Waals surface area contributed by atoms with Crippen LogP contribution in [0.2, 0.25) is 0 Å². The van der Waals surface area contributed by atoms with Crippen LogP contribution in [0.15, 0.2) is 29.2 Å². The van der Waals surface area contributed by atoms with Crippen molar-refractivity contribution < 1.29 is 13.2 Å². The second-order valence-corrected chi connectivity index (χ2v) is 6.98. The highest BCUT2D eigenvalue weighted by Crippen LogP contribution is 2.19. The molecule has 0 saturated carbocycles. The van der Waals surface area contributed by atoms with E-state index in [1.165, 1.54) is 9.21 Å². The molecule has 1 aliphatic rings. The maximum Gasteiger partial charge on any atom is 0.244 e. The van der Waals surface area contributed by atoms with Gasteiger partial charge in [0.15, 0.2) is 0 Å². The zero-order valence-electron chi connectivity index (χ0n) is 11.3. The Balaban J connectivity index is 2.21. The minimum absolute atomic E-state index is 0.0712. The summed E-state index contributed by atoms with van der Waals surface area (Å²) in [5.74, 6) is -0.367. The number of carbonyl (C=O) groups excluding carboxylic acids is 1. The Morgan fingerprint density at radius 2 is 1.90 bits per heavy atom. The molecule has 0 atom stereocenters. The Hall–Kier alpha value is -1.11. The van der Waals surface area contributed by atoms with Gasteiger partial charge in [-0.2, -0.15) is 4.31 Å². The first-order valence-corrected chi connectivity index (χ1v) is 8.33. The molecule has 0 bridgehead atoms. The highest BCUT2D eigenvalue weighted by Gasteiger charge is 2.30. The highest BCUT2D eigenvalue weighted by molar-refractivity contribution is 7.89. The van der Waals surface area contributed by atoms with Crippen molar-refractivity contribution in [1.82, 2.24) is 9.21 Å². The number of alkyl halides is 1. The van der Waals surface area contributed by atoms with Crippen molar-refractivity contribution in [2.45, 2.75) is 18.2 Å². The number of hydrogen-bond acceptors (Lipinski definition) is 3. The molecule has 0 aromatic heterocycles. The van der Waals surface area contributed by atoms with Crippen LogP contribution in [0.4, 0.5) is 0 Å². The van der Waals surface area contributed by atoms with Gasteiger partial charge in [0, 0.05) is 13.1 Å². The fourth-order valence-electron chi connectivity index (χ4n) is 2.11. The first kappa shape index (κ1) is 15.3. The predicted molar refractivity (Wildman–Crippen MR) is 77.0 cm³/mol. The number of benzene rings is 1. The Morgan fingerprint density at radius 1 is 1.25 bits per heavy atom. The average Bonchev–Trinajstić information content (AvgIpc) is 2.47. The molecule has 7 heteroatoms. The summed E-state index contributed by atoms with van der Waals surface area (Å²) in [4.78, 5) is 13.3. The van der Waals surface area contributed by atoms with Crippen LogP contribution >= 0.6 is 11.6 Å². The molecule has 0 spiro atoms. The third-order valence-corrected chi connectivity index (χ3v) is 5.36. The third-order valence-electron chi connectivity index (χ3n) is 3.29. The SMILES string of the molecule is Cc1ccc(S(=O)(=O)N2CCCN(C(=O)CCl)C2)cc1. The highest BCUT2D eigenvalue weighted by atomic mass is 35.5. The number of carbonyl (C=O) groups is 1. The first-order valence-electron chi connectivity index (χ1n) is 6.35. The second-order valence-electron chi connectivity index (χ2n) is 4.78. The van der Waals surface area contributed by atoms with Gasteiger partial charge in [0.25, 0.3) is 0 Å². The Bertz CT molecular complexity index is 586. The zero-order chi connectivity index (χ0) is 14.8. The topological polar surface area (TPSA) is 57.7 Å². The van der Waals surface area contributed by atoms with Crippen molar-refractivity contribution in [3.63, 3.8) is 0 Å². The Kier molecular flexibility index (Phi) is 4.67. The van der Waals surface area contributed by atoms with E-state index in [0.29, 0.717) is 19.5 Å². The molecular weight excluding hydrogens is 300 g/mol. The molecule has 1 fully saturated rings. The minimum atomic E-state index is -3.56. The molecule has 1 aliphatic heterocycles. The summed E-state index contributed by atoms with van der Waals surface area (Å²) in [5.41, 5.74) is 1.00. The fourth-order valence-corrected chi connectivity index (χ4v) is 3.72. The summed E-state index contributed by atoms with van der Waals surface area (Å²) >= 11 is 5.52. The number of nitrogens with zero attached hydrogens (tertiary/aromatic N) is 2. The van der Waals surface area contributed by atoms with E-state index >= 15 is 0 Å². The first-order chi connectivity index (χ1) is 9.45. The summed E-state index contributed by atoms with van der Waals surface area (Å²) in [6.45, 7) is 2.94. The van der Waals surface area contributed by atoms with E-state index in [9.17, 15) is 13.2 Å². The van der Waals surface area contributed by atoms with E-state index in [2.05, 4.69) is 0 Å². The molecule has 0 unspecified atom stereocenters. The van der Waals surface area contributed by atoms with Crippen molar-refractivity contribution in [2.24, 2.45) is 0 Å². The average molecular weight is 317 g/mol. The maximum absolute atomic E-state index is 12.5. The van der Waals surface area contributed by atoms with Crippen molar-refractivity contribution >= 4 is 27.5 Å². The van der Waals surface area contributed by atoms with Crippen molar-refractivity contribution in [3.8, 4) is 0 Å². The third kappa shape index (κ3) is 3.13. The van der Waals surface area contributed by atoms with Crippen LogP contribution in [0.3, 0.4) is 0 Å². The monoisotopic (exact) mass is 316 g/mol. The van der Waals surface area contributed by atoms with Gasteiger partial charge in [-0.25, -0.2) is 8.42 Å². The fraction of sp³-hybridized carbons (Fsp3) is 0.462. The molecule has 110 valence electrons. The van der Waals surface area contributed by atoms with Gasteiger partial charge in [0.1, 0.15) is 5.88 Å². The van der Waals surface area contributed by atoms with Gasteiger partial charge in [-0.15, -0.1) is 11.6 Å². The Morgan fingerprint density at radius 3 is 2.50 bits per heavy atom. The van der Waals surface area contributed by atoms with Crippen molar-refractivity contribution in [2.75, 3.05) is 25.6 Å². The molecule has 20 heavy (non-hydrogen) atoms. The van der Waals surface area contributed by atoms with Gasteiger partial charge in [0.05, 0.1) is 11.6 Å². The lowest BCUT2D eigenvalue weighted by Gasteiger charge is -2.34. The standard InChI is InChI=1S/C13H17ClN2O3S/c1-11-3-5-12(6-4-11)20(18,19)16-8-2-7-15(10-16)13(17)9-14/h3-6H,2,7-10H2,1H3. The van der Waals surface area contributed by atoms with E-state index in [1.807, 2.05) is 6.92 Å². The molecule has 0 N–H and O–H groups in total. The van der Waals surface area contributed by atoms with E-state index in [0.717, 1.165) is 5.56 Å². The summed E-state index contributed by atoms with van der Waals surface area (Å²) < 4.78 is 26.3. The van der Waals surface area contributed by atoms with E-state index in [-0.39, 0.29) is 23.4 Å². The molecule has 0 radical (unpaired) electrons. The molecule has 5 nitrogen and oxygen atoms in total. The minimum Gasteiger partial charge on any atom is -0.328 e. The Labute approximate surface area is 124 Å². The molecule has 1 aromatic rings. The van der Waals surface area contributed by atoms with E-state index in [1.54, 1.807) is 24.3 Å². The molecule has 1 amide bonds. The summed E-state index contributed by atoms with van der Waals surface area (Å²) in [6, 6.07) is 6.71. The number of rotatable bonds is 3. The summed E-state index contributed by atoms with van der Waals surface area (Å²) in [5, 5.41) is 0. The van der Waals surface area contributed by atoms with Gasteiger partial charge >= 0.3 is 0 Å². The van der Waals surface area contributed by atoms with Crippen LogP contribution < -0.4 is 0 Å². The van der Waals surface area contributed by atoms with Crippen LogP contribution in [-0.4, -0.2) is 49.2 Å². The van der Waals surface area contributed by atoms with Crippen LogP contribution in [-0.2, 0) is 14.8 Å². The smallest absolute Gasteiger partial charge is 0.244 e. The normalized spacial score (nSPS) is 17.2. The number of amides is 1. The van der Waals surface area contributed by atoms with Gasteiger partial charge in [-0.3, -0.25) is 4.79 Å². The van der Waals surface area contributed by atoms with Gasteiger partial charge in [-0.1, -0.05) is 17.7 Å². The number of aryl methyl sites for hydroxylation is 1. The van der Waals surface area contributed by atoms with Crippen LogP contribution in [0, 0.1) is 6.92 Å². The zero-order valence-corrected chi connectivity index (χ0v) is 12.8. The van der Waals surface area contributed by atoms with E-state index < -0.39 is 10.0 Å². The molecule has 1 aromatic carbocycles. The molecular formula is C13H17ClN2O3S. The number of halogens is 1. The maximum atomic E-state index is 12.5. The quantitative estimate of drug-likeness (QED) is 0.792. The van der Waals surface area contributed by atoms with Crippen LogP contribution in [0.1, 0.15) is 12.0 Å². The number of sulfonamides is 1. The number of hydrogen-bond donors (Lipinski definition) is 0. The lowest BCUT2D eigenvalue weighted by Crippen LogP contribution is -2.50. The van der Waals surface area contributed by atoms with Gasteiger partial charge < -0.3 is 4.90 Å². The lowest BCUT2D eigenvalue weighted by molar-refractivity contribution is -0.130. The second kappa shape index (κ2) is 6.11. The lowest BCUT2D eigenvalue weighted by atomic mass is 10.2. The molecule has 2 rings (SSSR count). The van der Waals surface area contributed by atoms with Gasteiger partial charge in [-0.05, 0) is 25.5 Å². The summed E-state index contributed by atoms with van der Waals surface area (Å²) in [6.07, 6.45) is 0.619. The largest absolute Gasteiger partial charge is 0.328 e. The van der Waals surface area contributed by atoms with Crippen LogP contribution in [0.25, 0.3) is 0 Å². The van der Waals surface area contributed by atoms with Gasteiger partial charge in [0.2, 0.25) is 15.9 Å².